The highest BCUT2D eigenvalue weighted by molar-refractivity contribution is 5.99. The lowest BCUT2D eigenvalue weighted by atomic mass is 9.92. The Balaban J connectivity index is 1.29. The summed E-state index contributed by atoms with van der Waals surface area (Å²) >= 11 is 0. The second-order valence-electron chi connectivity index (χ2n) is 11.9. The smallest absolute Gasteiger partial charge is 0.410 e. The predicted octanol–water partition coefficient (Wildman–Crippen LogP) is 6.62. The van der Waals surface area contributed by atoms with Gasteiger partial charge in [-0.1, -0.05) is 24.3 Å². The minimum absolute atomic E-state index is 0.207. The van der Waals surface area contributed by atoms with Crippen LogP contribution in [0.25, 0.3) is 33.2 Å². The number of rotatable bonds is 4. The van der Waals surface area contributed by atoms with Crippen molar-refractivity contribution in [3.05, 3.63) is 65.6 Å². The molecule has 1 fully saturated rings. The number of nitrogens with zero attached hydrogens (tertiary/aromatic N) is 2. The molecule has 0 bridgehead atoms. The number of methoxy groups -OCH3 is 1. The summed E-state index contributed by atoms with van der Waals surface area (Å²) in [6.45, 7) is 9.28. The summed E-state index contributed by atoms with van der Waals surface area (Å²) in [4.78, 5) is 23.0. The number of aromatic nitrogens is 2. The van der Waals surface area contributed by atoms with Gasteiger partial charge in [-0.2, -0.15) is 0 Å². The van der Waals surface area contributed by atoms with E-state index in [4.69, 9.17) is 24.9 Å². The summed E-state index contributed by atoms with van der Waals surface area (Å²) in [6.07, 6.45) is 2.26. The molecule has 3 aromatic carbocycles. The van der Waals surface area contributed by atoms with Gasteiger partial charge in [-0.15, -0.1) is 0 Å². The first-order chi connectivity index (χ1) is 19.1. The number of ether oxygens (including phenoxy) is 3. The van der Waals surface area contributed by atoms with E-state index in [1.807, 2.05) is 33.9 Å². The number of nitrogens with two attached hydrogens (primary N) is 1. The van der Waals surface area contributed by atoms with Gasteiger partial charge in [0, 0.05) is 36.2 Å². The average Bonchev–Trinajstić information content (AvgIpc) is 3.57. The molecule has 208 valence electrons. The number of imidazole rings is 1. The molecule has 1 aromatic heterocycles. The minimum atomic E-state index is -0.572. The van der Waals surface area contributed by atoms with E-state index in [0.29, 0.717) is 19.8 Å². The Morgan fingerprint density at radius 3 is 2.77 bits per heavy atom. The molecule has 4 aromatic rings. The monoisotopic (exact) mass is 540 g/mol. The summed E-state index contributed by atoms with van der Waals surface area (Å²) in [5, 5.41) is 2.11. The third-order valence-electron chi connectivity index (χ3n) is 7.80. The number of likely N-dealkylation sites (tertiary alicyclic amines) is 1. The van der Waals surface area contributed by atoms with E-state index in [1.54, 1.807) is 12.0 Å². The molecular weight excluding hydrogens is 504 g/mol. The lowest BCUT2D eigenvalue weighted by Crippen LogP contribution is -2.37. The number of nitrogen functional groups attached to an aromatic ring is 1. The van der Waals surface area contributed by atoms with Gasteiger partial charge < -0.3 is 24.9 Å². The molecule has 2 aliphatic rings. The zero-order valence-electron chi connectivity index (χ0n) is 23.7. The van der Waals surface area contributed by atoms with Crippen molar-refractivity contribution in [1.82, 2.24) is 14.9 Å². The number of hydrogen-bond donors (Lipinski definition) is 2. The SMILES string of the molecule is COCC1C[C@@H](c2ncc(-c3ccc4c(c3)COc3cc5c(N)c(C)ccc5cc3-4)[nH]2)N(C(=O)OC(C)(C)C)C1. The Morgan fingerprint density at radius 1 is 1.18 bits per heavy atom. The molecule has 6 rings (SSSR count). The number of hydrogen-bond acceptors (Lipinski definition) is 6. The van der Waals surface area contributed by atoms with Crippen LogP contribution < -0.4 is 10.5 Å². The fourth-order valence-corrected chi connectivity index (χ4v) is 5.83. The first-order valence-corrected chi connectivity index (χ1v) is 13.7. The van der Waals surface area contributed by atoms with Crippen LogP contribution in [0.15, 0.2) is 48.7 Å². The van der Waals surface area contributed by atoms with Crippen molar-refractivity contribution < 1.29 is 19.0 Å². The molecule has 3 heterocycles. The number of aromatic amines is 1. The summed E-state index contributed by atoms with van der Waals surface area (Å²) < 4.78 is 17.3. The van der Waals surface area contributed by atoms with Crippen molar-refractivity contribution in [2.45, 2.75) is 52.4 Å². The van der Waals surface area contributed by atoms with Gasteiger partial charge in [0.15, 0.2) is 0 Å². The van der Waals surface area contributed by atoms with Crippen molar-refractivity contribution in [2.75, 3.05) is 26.0 Å². The van der Waals surface area contributed by atoms with Crippen LogP contribution in [0.1, 0.15) is 50.2 Å². The first kappa shape index (κ1) is 26.2. The number of aryl methyl sites for hydroxylation is 1. The largest absolute Gasteiger partial charge is 0.488 e. The fraction of sp³-hybridized carbons (Fsp3) is 0.375. The summed E-state index contributed by atoms with van der Waals surface area (Å²) in [5.41, 5.74) is 12.9. The number of benzene rings is 3. The van der Waals surface area contributed by atoms with Crippen molar-refractivity contribution in [3.8, 4) is 28.1 Å². The normalized spacial score (nSPS) is 18.4. The van der Waals surface area contributed by atoms with E-state index >= 15 is 0 Å². The van der Waals surface area contributed by atoms with E-state index < -0.39 is 5.60 Å². The third-order valence-corrected chi connectivity index (χ3v) is 7.80. The maximum Gasteiger partial charge on any atom is 0.410 e. The molecule has 1 saturated heterocycles. The predicted molar refractivity (Wildman–Crippen MR) is 156 cm³/mol. The standard InChI is InChI=1S/C32H36N4O4/c1-18-6-7-20-12-25-23-9-8-21(11-22(23)17-39-28(25)13-24(20)29(18)33)26-14-34-30(35-26)27-10-19(16-38-5)15-36(27)31(37)40-32(2,3)4/h6-9,11-14,19,27H,10,15-17,33H2,1-5H3,(H,34,35)/t19?,27-/m0/s1. The van der Waals surface area contributed by atoms with E-state index in [-0.39, 0.29) is 18.1 Å². The van der Waals surface area contributed by atoms with E-state index in [9.17, 15) is 4.79 Å². The maximum atomic E-state index is 13.0. The molecule has 2 aliphatic heterocycles. The second kappa shape index (κ2) is 9.86. The van der Waals surface area contributed by atoms with E-state index in [1.165, 1.54) is 0 Å². The van der Waals surface area contributed by atoms with Crippen molar-refractivity contribution in [1.29, 1.82) is 0 Å². The molecule has 0 aliphatic carbocycles. The van der Waals surface area contributed by atoms with Crippen LogP contribution in [0, 0.1) is 12.8 Å². The first-order valence-electron chi connectivity index (χ1n) is 13.7. The van der Waals surface area contributed by atoms with Crippen LogP contribution in [0.2, 0.25) is 0 Å². The zero-order valence-corrected chi connectivity index (χ0v) is 23.7. The number of carbonyl (C=O) groups is 1. The lowest BCUT2D eigenvalue weighted by Gasteiger charge is -2.27. The van der Waals surface area contributed by atoms with Crippen molar-refractivity contribution >= 4 is 22.6 Å². The summed E-state index contributed by atoms with van der Waals surface area (Å²) in [6, 6.07) is 14.6. The maximum absolute atomic E-state index is 13.0. The molecule has 0 saturated carbocycles. The van der Waals surface area contributed by atoms with Crippen molar-refractivity contribution in [3.63, 3.8) is 0 Å². The van der Waals surface area contributed by atoms with Gasteiger partial charge in [0.05, 0.1) is 24.5 Å². The lowest BCUT2D eigenvalue weighted by molar-refractivity contribution is 0.0208. The highest BCUT2D eigenvalue weighted by Crippen LogP contribution is 2.43. The number of anilines is 1. The Morgan fingerprint density at radius 2 is 2.00 bits per heavy atom. The summed E-state index contributed by atoms with van der Waals surface area (Å²) in [5.74, 6) is 1.81. The molecule has 0 radical (unpaired) electrons. The molecular formula is C32H36N4O4. The average molecular weight is 541 g/mol. The van der Waals surface area contributed by atoms with Gasteiger partial charge in [0.2, 0.25) is 0 Å². The topological polar surface area (TPSA) is 103 Å². The number of amides is 1. The Bertz CT molecular complexity index is 1600. The number of carbonyl (C=O) groups excluding carboxylic acids is 1. The van der Waals surface area contributed by atoms with Crippen LogP contribution in [0.3, 0.4) is 0 Å². The molecule has 1 unspecified atom stereocenters. The number of nitrogens with one attached hydrogen (secondary N) is 1. The highest BCUT2D eigenvalue weighted by Gasteiger charge is 2.40. The Kier molecular flexibility index (Phi) is 6.45. The molecule has 40 heavy (non-hydrogen) atoms. The molecule has 1 amide bonds. The van der Waals surface area contributed by atoms with Gasteiger partial charge in [0.25, 0.3) is 0 Å². The van der Waals surface area contributed by atoms with E-state index in [2.05, 4.69) is 47.4 Å². The minimum Gasteiger partial charge on any atom is -0.488 e. The Labute approximate surface area is 234 Å². The number of H-pyrrole nitrogens is 1. The third kappa shape index (κ3) is 4.77. The molecule has 2 atom stereocenters. The van der Waals surface area contributed by atoms with Crippen molar-refractivity contribution in [2.24, 2.45) is 5.92 Å². The van der Waals surface area contributed by atoms with Crippen LogP contribution >= 0.6 is 0 Å². The van der Waals surface area contributed by atoms with Crippen LogP contribution in [-0.2, 0) is 16.1 Å². The van der Waals surface area contributed by atoms with Crippen LogP contribution in [0.4, 0.5) is 10.5 Å². The fourth-order valence-electron chi connectivity index (χ4n) is 5.83. The Hall–Kier alpha value is -4.04. The van der Waals surface area contributed by atoms with Gasteiger partial charge in [-0.3, -0.25) is 4.90 Å². The van der Waals surface area contributed by atoms with Gasteiger partial charge >= 0.3 is 6.09 Å². The van der Waals surface area contributed by atoms with Crippen LogP contribution in [-0.4, -0.2) is 46.8 Å². The molecule has 0 spiro atoms. The van der Waals surface area contributed by atoms with Gasteiger partial charge in [-0.05, 0) is 80.0 Å². The van der Waals surface area contributed by atoms with Crippen LogP contribution in [0.5, 0.6) is 5.75 Å². The molecule has 8 nitrogen and oxygen atoms in total. The highest BCUT2D eigenvalue weighted by atomic mass is 16.6. The molecule has 3 N–H and O–H groups in total. The van der Waals surface area contributed by atoms with Gasteiger partial charge in [-0.25, -0.2) is 9.78 Å². The second-order valence-corrected chi connectivity index (χ2v) is 11.9. The zero-order chi connectivity index (χ0) is 28.2. The quantitative estimate of drug-likeness (QED) is 0.282. The summed E-state index contributed by atoms with van der Waals surface area (Å²) in [7, 11) is 1.69. The molecule has 8 heteroatoms. The van der Waals surface area contributed by atoms with E-state index in [0.717, 1.165) is 68.0 Å². The number of fused-ring (bicyclic) bond motifs is 4. The van der Waals surface area contributed by atoms with Gasteiger partial charge in [0.1, 0.15) is 23.8 Å².